The van der Waals surface area contributed by atoms with Crippen molar-refractivity contribution in [3.63, 3.8) is 0 Å². The Kier molecular flexibility index (Phi) is 6.21. The van der Waals surface area contributed by atoms with E-state index in [2.05, 4.69) is 18.2 Å². The van der Waals surface area contributed by atoms with Gasteiger partial charge >= 0.3 is 0 Å². The van der Waals surface area contributed by atoms with Crippen molar-refractivity contribution >= 4 is 0 Å². The van der Waals surface area contributed by atoms with Gasteiger partial charge in [0.05, 0.1) is 29.5 Å². The summed E-state index contributed by atoms with van der Waals surface area (Å²) >= 11 is 0. The zero-order valence-electron chi connectivity index (χ0n) is 10.3. The lowest BCUT2D eigenvalue weighted by Crippen LogP contribution is -2.22. The van der Waals surface area contributed by atoms with Crippen molar-refractivity contribution in [3.05, 3.63) is 0 Å². The molecule has 3 atom stereocenters. The van der Waals surface area contributed by atoms with E-state index in [1.807, 2.05) is 13.8 Å². The van der Waals surface area contributed by atoms with Crippen LogP contribution in [0.4, 0.5) is 0 Å². The van der Waals surface area contributed by atoms with E-state index >= 15 is 0 Å². The van der Waals surface area contributed by atoms with E-state index in [-0.39, 0.29) is 11.8 Å². The maximum Gasteiger partial charge on any atom is 0.0701 e. The summed E-state index contributed by atoms with van der Waals surface area (Å²) in [5.74, 6) is -0.160. The highest BCUT2D eigenvalue weighted by molar-refractivity contribution is 5.05. The van der Waals surface area contributed by atoms with Crippen molar-refractivity contribution < 1.29 is 0 Å². The third-order valence-electron chi connectivity index (χ3n) is 3.21. The van der Waals surface area contributed by atoms with Crippen molar-refractivity contribution in [1.29, 1.82) is 15.8 Å². The Hall–Kier alpha value is -1.53. The Morgan fingerprint density at radius 2 is 1.69 bits per heavy atom. The van der Waals surface area contributed by atoms with Gasteiger partial charge in [0.1, 0.15) is 0 Å². The molecule has 0 aliphatic carbocycles. The number of rotatable bonds is 6. The van der Waals surface area contributed by atoms with Crippen LogP contribution in [0.1, 0.15) is 46.5 Å². The average Bonchev–Trinajstić information content (AvgIpc) is 2.32. The van der Waals surface area contributed by atoms with Gasteiger partial charge in [0.25, 0.3) is 0 Å². The fraction of sp³-hybridized carbons (Fsp3) is 0.769. The third-order valence-corrected chi connectivity index (χ3v) is 3.21. The minimum atomic E-state index is -0.551. The molecule has 0 aliphatic rings. The summed E-state index contributed by atoms with van der Waals surface area (Å²) in [4.78, 5) is 0. The predicted octanol–water partition coefficient (Wildman–Crippen LogP) is 3.40. The predicted molar refractivity (Wildman–Crippen MR) is 61.7 cm³/mol. The van der Waals surface area contributed by atoms with E-state index < -0.39 is 5.41 Å². The first kappa shape index (κ1) is 14.5. The van der Waals surface area contributed by atoms with E-state index in [1.54, 1.807) is 6.92 Å². The molecule has 0 aromatic rings. The molecule has 3 unspecified atom stereocenters. The first-order valence-electron chi connectivity index (χ1n) is 5.70. The van der Waals surface area contributed by atoms with E-state index in [0.29, 0.717) is 0 Å². The number of nitrogens with zero attached hydrogens (tertiary/aromatic N) is 3. The van der Waals surface area contributed by atoms with Gasteiger partial charge in [-0.1, -0.05) is 12.8 Å². The third kappa shape index (κ3) is 4.33. The maximum atomic E-state index is 9.09. The molecule has 0 heterocycles. The first-order chi connectivity index (χ1) is 7.50. The summed E-state index contributed by atoms with van der Waals surface area (Å²) in [5.41, 5.74) is -0.551. The molecule has 0 amide bonds. The molecule has 3 nitrogen and oxygen atoms in total. The van der Waals surface area contributed by atoms with Crippen molar-refractivity contribution in [2.45, 2.75) is 46.5 Å². The second-order valence-electron chi connectivity index (χ2n) is 4.66. The van der Waals surface area contributed by atoms with Crippen LogP contribution in [0.2, 0.25) is 0 Å². The molecule has 0 radical (unpaired) electrons. The van der Waals surface area contributed by atoms with Gasteiger partial charge in [0.2, 0.25) is 0 Å². The van der Waals surface area contributed by atoms with E-state index in [1.165, 1.54) is 0 Å². The molecule has 0 aromatic carbocycles. The molecule has 0 saturated heterocycles. The van der Waals surface area contributed by atoms with Crippen LogP contribution >= 0.6 is 0 Å². The first-order valence-corrected chi connectivity index (χ1v) is 5.70. The van der Waals surface area contributed by atoms with Crippen LogP contribution in [-0.4, -0.2) is 0 Å². The molecule has 0 fully saturated rings. The molecule has 86 valence electrons. The summed E-state index contributed by atoms with van der Waals surface area (Å²) in [6, 6.07) is 6.58. The zero-order valence-corrected chi connectivity index (χ0v) is 10.3. The molecule has 0 N–H and O–H groups in total. The molecule has 16 heavy (non-hydrogen) atoms. The minimum Gasteiger partial charge on any atom is -0.198 e. The summed E-state index contributed by atoms with van der Waals surface area (Å²) < 4.78 is 0. The van der Waals surface area contributed by atoms with Crippen LogP contribution in [0.15, 0.2) is 0 Å². The Morgan fingerprint density at radius 1 is 1.06 bits per heavy atom. The zero-order chi connectivity index (χ0) is 12.6. The largest absolute Gasteiger partial charge is 0.198 e. The highest BCUT2D eigenvalue weighted by Gasteiger charge is 2.30. The van der Waals surface area contributed by atoms with Gasteiger partial charge in [-0.05, 0) is 33.6 Å². The standard InChI is InChI=1S/C13H19N3/c1-11(8-14)6-4-5-7-13(3,10-16)12(2)9-15/h11-12H,4-7H2,1-3H3. The maximum absolute atomic E-state index is 9.09. The smallest absolute Gasteiger partial charge is 0.0701 e. The van der Waals surface area contributed by atoms with Gasteiger partial charge in [-0.2, -0.15) is 15.8 Å². The lowest BCUT2D eigenvalue weighted by atomic mass is 9.76. The van der Waals surface area contributed by atoms with Gasteiger partial charge in [-0.25, -0.2) is 0 Å². The van der Waals surface area contributed by atoms with Crippen molar-refractivity contribution in [3.8, 4) is 18.2 Å². The average molecular weight is 217 g/mol. The van der Waals surface area contributed by atoms with E-state index in [4.69, 9.17) is 15.8 Å². The SMILES string of the molecule is CC(C#N)CCCCC(C)(C#N)C(C)C#N. The quantitative estimate of drug-likeness (QED) is 0.640. The summed E-state index contributed by atoms with van der Waals surface area (Å²) in [7, 11) is 0. The van der Waals surface area contributed by atoms with Crippen LogP contribution < -0.4 is 0 Å². The normalized spacial score (nSPS) is 17.2. The van der Waals surface area contributed by atoms with Gasteiger partial charge < -0.3 is 0 Å². The van der Waals surface area contributed by atoms with Crippen LogP contribution in [0.25, 0.3) is 0 Å². The molecule has 0 spiro atoms. The van der Waals surface area contributed by atoms with Crippen LogP contribution in [0, 0.1) is 51.2 Å². The van der Waals surface area contributed by atoms with Crippen molar-refractivity contribution in [1.82, 2.24) is 0 Å². The second kappa shape index (κ2) is 6.86. The topological polar surface area (TPSA) is 71.4 Å². The molecular formula is C13H19N3. The Balaban J connectivity index is 4.05. The van der Waals surface area contributed by atoms with Gasteiger partial charge in [0.15, 0.2) is 0 Å². The van der Waals surface area contributed by atoms with Crippen LogP contribution in [0.5, 0.6) is 0 Å². The van der Waals surface area contributed by atoms with Gasteiger partial charge in [0, 0.05) is 5.92 Å². The van der Waals surface area contributed by atoms with Crippen LogP contribution in [-0.2, 0) is 0 Å². The summed E-state index contributed by atoms with van der Waals surface area (Å²) in [5, 5.41) is 26.5. The van der Waals surface area contributed by atoms with Crippen LogP contribution in [0.3, 0.4) is 0 Å². The monoisotopic (exact) mass is 217 g/mol. The number of hydrogen-bond acceptors (Lipinski definition) is 3. The minimum absolute atomic E-state index is 0.0849. The number of unbranched alkanes of at least 4 members (excludes halogenated alkanes) is 1. The highest BCUT2D eigenvalue weighted by atomic mass is 14.4. The fourth-order valence-electron chi connectivity index (χ4n) is 1.52. The highest BCUT2D eigenvalue weighted by Crippen LogP contribution is 2.32. The molecule has 0 saturated carbocycles. The lowest BCUT2D eigenvalue weighted by Gasteiger charge is -2.23. The summed E-state index contributed by atoms with van der Waals surface area (Å²) in [6.07, 6.45) is 3.46. The van der Waals surface area contributed by atoms with Gasteiger partial charge in [-0.15, -0.1) is 0 Å². The van der Waals surface area contributed by atoms with E-state index in [9.17, 15) is 0 Å². The Labute approximate surface area is 98.3 Å². The Bertz CT molecular complexity index is 329. The number of hydrogen-bond donors (Lipinski definition) is 0. The molecule has 0 rings (SSSR count). The van der Waals surface area contributed by atoms with Crippen molar-refractivity contribution in [2.24, 2.45) is 17.3 Å². The fourth-order valence-corrected chi connectivity index (χ4v) is 1.52. The lowest BCUT2D eigenvalue weighted by molar-refractivity contribution is 0.307. The van der Waals surface area contributed by atoms with Gasteiger partial charge in [-0.3, -0.25) is 0 Å². The number of nitriles is 3. The van der Waals surface area contributed by atoms with Crippen molar-refractivity contribution in [2.75, 3.05) is 0 Å². The Morgan fingerprint density at radius 3 is 2.12 bits per heavy atom. The summed E-state index contributed by atoms with van der Waals surface area (Å²) in [6.45, 7) is 5.54. The molecule has 0 aliphatic heterocycles. The molecule has 0 bridgehead atoms. The second-order valence-corrected chi connectivity index (χ2v) is 4.66. The molecule has 3 heteroatoms. The molecule has 0 aromatic heterocycles. The molecular weight excluding hydrogens is 198 g/mol. The van der Waals surface area contributed by atoms with E-state index in [0.717, 1.165) is 25.7 Å².